The van der Waals surface area contributed by atoms with Gasteiger partial charge in [0.25, 0.3) is 0 Å². The smallest absolute Gasteiger partial charge is 0.322 e. The van der Waals surface area contributed by atoms with Crippen LogP contribution in [0.15, 0.2) is 77.7 Å². The number of hydrogen-bond donors (Lipinski definition) is 0. The van der Waals surface area contributed by atoms with Crippen molar-refractivity contribution in [3.8, 4) is 29.1 Å². The van der Waals surface area contributed by atoms with Crippen LogP contribution >= 0.6 is 0 Å². The Morgan fingerprint density at radius 3 is 2.58 bits per heavy atom. The summed E-state index contributed by atoms with van der Waals surface area (Å²) in [6, 6.07) is 23.2. The molecule has 0 saturated carbocycles. The molecule has 0 saturated heterocycles. The average molecular weight is 437 g/mol. The zero-order chi connectivity index (χ0) is 23.4. The molecule has 0 fully saturated rings. The van der Waals surface area contributed by atoms with Crippen molar-refractivity contribution in [1.29, 1.82) is 5.26 Å². The Bertz CT molecular complexity index is 1390. The lowest BCUT2D eigenvalue weighted by atomic mass is 9.96. The maximum absolute atomic E-state index is 11.9. The van der Waals surface area contributed by atoms with Crippen molar-refractivity contribution in [2.45, 2.75) is 26.2 Å². The van der Waals surface area contributed by atoms with Gasteiger partial charge < -0.3 is 9.30 Å². The molecule has 0 spiro atoms. The normalized spacial score (nSPS) is 11.6. The fourth-order valence-electron chi connectivity index (χ4n) is 3.70. The molecule has 0 unspecified atom stereocenters. The third-order valence-electron chi connectivity index (χ3n) is 5.55. The highest BCUT2D eigenvalue weighted by molar-refractivity contribution is 5.59. The van der Waals surface area contributed by atoms with Gasteiger partial charge in [0, 0.05) is 30.6 Å². The van der Waals surface area contributed by atoms with Crippen LogP contribution in [0.1, 0.15) is 35.2 Å². The SMILES string of the molecule is Cc1cccc(C#N)c1Oc1nc(C[C@H](C)c2ccccc2)cc(-c2ccc(=O)n(C)c2)n1. The number of aryl methyl sites for hydroxylation is 2. The van der Waals surface area contributed by atoms with E-state index in [4.69, 9.17) is 4.74 Å². The largest absolute Gasteiger partial charge is 0.423 e. The molecule has 164 valence electrons. The standard InChI is InChI=1S/C27H24N4O2/c1-18-8-7-11-21(16-28)26(18)33-27-29-23(14-19(2)20-9-5-4-6-10-20)15-24(30-27)22-12-13-25(32)31(3)17-22/h4-13,15,17,19H,14H2,1-3H3/t19-/m0/s1. The van der Waals surface area contributed by atoms with Crippen molar-refractivity contribution in [3.05, 3.63) is 106 Å². The van der Waals surface area contributed by atoms with Gasteiger partial charge in [-0.2, -0.15) is 15.2 Å². The van der Waals surface area contributed by atoms with Gasteiger partial charge in [-0.3, -0.25) is 4.79 Å². The molecule has 4 aromatic rings. The van der Waals surface area contributed by atoms with Gasteiger partial charge in [0.2, 0.25) is 5.56 Å². The van der Waals surface area contributed by atoms with E-state index in [1.165, 1.54) is 16.2 Å². The monoisotopic (exact) mass is 436 g/mol. The minimum Gasteiger partial charge on any atom is -0.423 e. The molecule has 0 amide bonds. The molecule has 2 aromatic carbocycles. The number of aromatic nitrogens is 3. The molecule has 0 aliphatic carbocycles. The molecule has 6 heteroatoms. The highest BCUT2D eigenvalue weighted by Crippen LogP contribution is 2.29. The van der Waals surface area contributed by atoms with Crippen molar-refractivity contribution < 1.29 is 4.74 Å². The summed E-state index contributed by atoms with van der Waals surface area (Å²) in [7, 11) is 1.70. The van der Waals surface area contributed by atoms with Crippen LogP contribution in [0.5, 0.6) is 11.8 Å². The van der Waals surface area contributed by atoms with Crippen LogP contribution in [0.3, 0.4) is 0 Å². The van der Waals surface area contributed by atoms with Crippen molar-refractivity contribution >= 4 is 0 Å². The summed E-state index contributed by atoms with van der Waals surface area (Å²) in [4.78, 5) is 21.1. The lowest BCUT2D eigenvalue weighted by Gasteiger charge is -2.15. The molecule has 33 heavy (non-hydrogen) atoms. The predicted octanol–water partition coefficient (Wildman–Crippen LogP) is 5.16. The minimum absolute atomic E-state index is 0.0965. The zero-order valence-corrected chi connectivity index (χ0v) is 18.8. The third kappa shape index (κ3) is 4.99. The first-order chi connectivity index (χ1) is 15.9. The molecule has 0 bridgehead atoms. The average Bonchev–Trinajstić information content (AvgIpc) is 2.82. The molecular formula is C27H24N4O2. The Kier molecular flexibility index (Phi) is 6.32. The maximum Gasteiger partial charge on any atom is 0.322 e. The quantitative estimate of drug-likeness (QED) is 0.417. The van der Waals surface area contributed by atoms with Crippen molar-refractivity contribution in [3.63, 3.8) is 0 Å². The summed E-state index contributed by atoms with van der Waals surface area (Å²) in [5, 5.41) is 9.51. The summed E-state index contributed by atoms with van der Waals surface area (Å²) < 4.78 is 7.58. The number of pyridine rings is 1. The fourth-order valence-corrected chi connectivity index (χ4v) is 3.70. The molecule has 0 aliphatic heterocycles. The summed E-state index contributed by atoms with van der Waals surface area (Å²) >= 11 is 0. The topological polar surface area (TPSA) is 80.8 Å². The second-order valence-electron chi connectivity index (χ2n) is 8.08. The van der Waals surface area contributed by atoms with Crippen LogP contribution in [-0.2, 0) is 13.5 Å². The first-order valence-electron chi connectivity index (χ1n) is 10.7. The molecule has 6 nitrogen and oxygen atoms in total. The van der Waals surface area contributed by atoms with E-state index in [0.29, 0.717) is 23.4 Å². The first-order valence-corrected chi connectivity index (χ1v) is 10.7. The van der Waals surface area contributed by atoms with E-state index in [-0.39, 0.29) is 17.5 Å². The molecule has 0 radical (unpaired) electrons. The van der Waals surface area contributed by atoms with Gasteiger partial charge in [-0.15, -0.1) is 0 Å². The van der Waals surface area contributed by atoms with Gasteiger partial charge in [0.1, 0.15) is 6.07 Å². The van der Waals surface area contributed by atoms with Crippen LogP contribution in [0.2, 0.25) is 0 Å². The number of nitriles is 1. The number of ether oxygens (including phenoxy) is 1. The van der Waals surface area contributed by atoms with E-state index >= 15 is 0 Å². The van der Waals surface area contributed by atoms with E-state index < -0.39 is 0 Å². The highest BCUT2D eigenvalue weighted by atomic mass is 16.5. The van der Waals surface area contributed by atoms with Gasteiger partial charge >= 0.3 is 6.01 Å². The predicted molar refractivity (Wildman–Crippen MR) is 127 cm³/mol. The number of nitrogens with zero attached hydrogens (tertiary/aromatic N) is 4. The zero-order valence-electron chi connectivity index (χ0n) is 18.8. The third-order valence-corrected chi connectivity index (χ3v) is 5.55. The molecular weight excluding hydrogens is 412 g/mol. The van der Waals surface area contributed by atoms with Crippen LogP contribution in [-0.4, -0.2) is 14.5 Å². The second kappa shape index (κ2) is 9.49. The summed E-state index contributed by atoms with van der Waals surface area (Å²) in [5.74, 6) is 0.676. The Labute approximate surface area is 192 Å². The highest BCUT2D eigenvalue weighted by Gasteiger charge is 2.15. The Morgan fingerprint density at radius 1 is 1.06 bits per heavy atom. The van der Waals surface area contributed by atoms with Crippen molar-refractivity contribution in [2.75, 3.05) is 0 Å². The van der Waals surface area contributed by atoms with E-state index in [0.717, 1.165) is 16.8 Å². The first kappa shape index (κ1) is 22.0. The van der Waals surface area contributed by atoms with Gasteiger partial charge in [0.05, 0.1) is 11.3 Å². The number of rotatable bonds is 6. The van der Waals surface area contributed by atoms with Crippen LogP contribution in [0.25, 0.3) is 11.3 Å². The van der Waals surface area contributed by atoms with E-state index in [1.807, 2.05) is 43.3 Å². The Balaban J connectivity index is 1.77. The molecule has 0 aliphatic rings. The second-order valence-corrected chi connectivity index (χ2v) is 8.08. The van der Waals surface area contributed by atoms with E-state index in [1.54, 1.807) is 25.4 Å². The maximum atomic E-state index is 11.9. The fraction of sp³-hybridized carbons (Fsp3) is 0.185. The van der Waals surface area contributed by atoms with E-state index in [9.17, 15) is 10.1 Å². The van der Waals surface area contributed by atoms with Gasteiger partial charge in [-0.25, -0.2) is 0 Å². The lowest BCUT2D eigenvalue weighted by molar-refractivity contribution is 0.435. The van der Waals surface area contributed by atoms with Gasteiger partial charge in [-0.05, 0) is 48.6 Å². The molecule has 1 atom stereocenters. The van der Waals surface area contributed by atoms with Crippen molar-refractivity contribution in [1.82, 2.24) is 14.5 Å². The Hall–Kier alpha value is -4.24. The summed E-state index contributed by atoms with van der Waals surface area (Å²) in [6.45, 7) is 4.03. The van der Waals surface area contributed by atoms with Crippen LogP contribution in [0, 0.1) is 18.3 Å². The van der Waals surface area contributed by atoms with E-state index in [2.05, 4.69) is 35.1 Å². The van der Waals surface area contributed by atoms with Crippen LogP contribution < -0.4 is 10.3 Å². The molecule has 0 N–H and O–H groups in total. The molecule has 2 aromatic heterocycles. The van der Waals surface area contributed by atoms with Gasteiger partial charge in [-0.1, -0.05) is 49.4 Å². The minimum atomic E-state index is -0.0965. The lowest BCUT2D eigenvalue weighted by Crippen LogP contribution is -2.14. The van der Waals surface area contributed by atoms with Gasteiger partial charge in [0.15, 0.2) is 5.75 Å². The van der Waals surface area contributed by atoms with Crippen LogP contribution in [0.4, 0.5) is 0 Å². The summed E-state index contributed by atoms with van der Waals surface area (Å²) in [5.41, 5.74) is 4.61. The number of benzene rings is 2. The number of hydrogen-bond acceptors (Lipinski definition) is 5. The summed E-state index contributed by atoms with van der Waals surface area (Å²) in [6.07, 6.45) is 2.42. The Morgan fingerprint density at radius 2 is 1.85 bits per heavy atom. The van der Waals surface area contributed by atoms with Crippen molar-refractivity contribution in [2.24, 2.45) is 7.05 Å². The number of para-hydroxylation sites is 1. The molecule has 4 rings (SSSR count). The molecule has 2 heterocycles.